The first kappa shape index (κ1) is 15.3. The van der Waals surface area contributed by atoms with E-state index in [2.05, 4.69) is 19.8 Å². The van der Waals surface area contributed by atoms with Crippen molar-refractivity contribution < 1.29 is 17.7 Å². The highest BCUT2D eigenvalue weighted by Gasteiger charge is 2.38. The molecule has 1 aromatic carbocycles. The fourth-order valence-corrected chi connectivity index (χ4v) is 2.22. The summed E-state index contributed by atoms with van der Waals surface area (Å²) < 4.78 is 43.5. The molecule has 0 aliphatic carbocycles. The number of aromatic nitrogens is 4. The van der Waals surface area contributed by atoms with Crippen molar-refractivity contribution in [2.24, 2.45) is 0 Å². The molecule has 23 heavy (non-hydrogen) atoms. The second-order valence-electron chi connectivity index (χ2n) is 5.20. The second-order valence-corrected chi connectivity index (χ2v) is 5.20. The van der Waals surface area contributed by atoms with Gasteiger partial charge >= 0.3 is 12.1 Å². The van der Waals surface area contributed by atoms with E-state index in [1.54, 1.807) is 24.3 Å². The van der Waals surface area contributed by atoms with E-state index in [4.69, 9.17) is 0 Å². The number of rotatable bonds is 3. The van der Waals surface area contributed by atoms with Crippen molar-refractivity contribution in [3.05, 3.63) is 53.2 Å². The molecule has 0 amide bonds. The monoisotopic (exact) mass is 322 g/mol. The van der Waals surface area contributed by atoms with Gasteiger partial charge in [0.15, 0.2) is 0 Å². The number of benzene rings is 1. The molecular formula is C15H13F3N4O. The van der Waals surface area contributed by atoms with Crippen molar-refractivity contribution in [2.75, 3.05) is 0 Å². The molecule has 2 aromatic heterocycles. The Hall–Kier alpha value is -2.64. The minimum atomic E-state index is -4.64. The zero-order valence-electron chi connectivity index (χ0n) is 12.4. The molecule has 0 aliphatic heterocycles. The fraction of sp³-hybridized carbons (Fsp3) is 0.267. The van der Waals surface area contributed by atoms with Crippen LogP contribution in [0.4, 0.5) is 13.2 Å². The molecule has 0 spiro atoms. The molecule has 0 bridgehead atoms. The van der Waals surface area contributed by atoms with Gasteiger partial charge in [-0.2, -0.15) is 23.3 Å². The Morgan fingerprint density at radius 2 is 1.83 bits per heavy atom. The number of hydrogen-bond acceptors (Lipinski definition) is 4. The van der Waals surface area contributed by atoms with Gasteiger partial charge in [0.05, 0.1) is 12.2 Å². The molecular weight excluding hydrogens is 309 g/mol. The number of aryl methyl sites for hydroxylation is 2. The van der Waals surface area contributed by atoms with Gasteiger partial charge < -0.3 is 4.52 Å². The van der Waals surface area contributed by atoms with Gasteiger partial charge in [-0.05, 0) is 25.5 Å². The summed E-state index contributed by atoms with van der Waals surface area (Å²) in [6.07, 6.45) is -4.64. The van der Waals surface area contributed by atoms with Crippen LogP contribution >= 0.6 is 0 Å². The van der Waals surface area contributed by atoms with E-state index in [9.17, 15) is 13.2 Å². The number of alkyl halides is 3. The van der Waals surface area contributed by atoms with Gasteiger partial charge in [0.25, 0.3) is 0 Å². The summed E-state index contributed by atoms with van der Waals surface area (Å²) >= 11 is 0. The van der Waals surface area contributed by atoms with Crippen molar-refractivity contribution in [1.82, 2.24) is 19.9 Å². The van der Waals surface area contributed by atoms with Crippen LogP contribution in [0.25, 0.3) is 11.4 Å². The Kier molecular flexibility index (Phi) is 3.67. The summed E-state index contributed by atoms with van der Waals surface area (Å²) in [6.45, 7) is 4.47. The van der Waals surface area contributed by atoms with Gasteiger partial charge in [0, 0.05) is 11.3 Å². The maximum atomic E-state index is 12.5. The molecule has 3 rings (SSSR count). The maximum absolute atomic E-state index is 12.5. The van der Waals surface area contributed by atoms with E-state index in [1.165, 1.54) is 0 Å². The quantitative estimate of drug-likeness (QED) is 0.739. The van der Waals surface area contributed by atoms with Crippen LogP contribution in [-0.4, -0.2) is 19.9 Å². The largest absolute Gasteiger partial charge is 0.471 e. The third-order valence-corrected chi connectivity index (χ3v) is 3.32. The van der Waals surface area contributed by atoms with Gasteiger partial charge in [-0.15, -0.1) is 0 Å². The predicted molar refractivity (Wildman–Crippen MR) is 75.5 cm³/mol. The van der Waals surface area contributed by atoms with Crippen molar-refractivity contribution in [1.29, 1.82) is 0 Å². The lowest BCUT2D eigenvalue weighted by Gasteiger charge is -2.05. The summed E-state index contributed by atoms with van der Waals surface area (Å²) in [5, 5.41) is 7.73. The van der Waals surface area contributed by atoms with Crippen molar-refractivity contribution >= 4 is 0 Å². The summed E-state index contributed by atoms with van der Waals surface area (Å²) in [4.78, 5) is 3.36. The van der Waals surface area contributed by atoms with E-state index in [0.717, 1.165) is 17.0 Å². The highest BCUT2D eigenvalue weighted by atomic mass is 19.4. The van der Waals surface area contributed by atoms with Crippen LogP contribution in [0, 0.1) is 13.8 Å². The normalized spacial score (nSPS) is 11.9. The Labute approximate surface area is 129 Å². The Balaban J connectivity index is 1.79. The second kappa shape index (κ2) is 5.53. The average molecular weight is 322 g/mol. The zero-order valence-corrected chi connectivity index (χ0v) is 12.4. The minimum absolute atomic E-state index is 0.0880. The van der Waals surface area contributed by atoms with E-state index >= 15 is 0 Å². The number of halogens is 3. The lowest BCUT2D eigenvalue weighted by atomic mass is 10.1. The zero-order chi connectivity index (χ0) is 16.6. The Bertz CT molecular complexity index is 818. The van der Waals surface area contributed by atoms with Crippen LogP contribution in [0.3, 0.4) is 0 Å². The predicted octanol–water partition coefficient (Wildman–Crippen LogP) is 3.62. The SMILES string of the molecule is Cc1cc(C)n(Cc2ccc(-c3noc(C(F)(F)F)n3)cc2)n1. The standard InChI is InChI=1S/C15H13F3N4O/c1-9-7-10(2)22(20-9)8-11-3-5-12(6-4-11)13-19-14(23-21-13)15(16,17)18/h3-7H,8H2,1-2H3. The molecule has 2 heterocycles. The van der Waals surface area contributed by atoms with Gasteiger partial charge in [0.2, 0.25) is 5.82 Å². The fourth-order valence-electron chi connectivity index (χ4n) is 2.22. The molecule has 8 heteroatoms. The van der Waals surface area contributed by atoms with Crippen LogP contribution in [0.15, 0.2) is 34.9 Å². The Morgan fingerprint density at radius 1 is 1.13 bits per heavy atom. The van der Waals surface area contributed by atoms with Crippen LogP contribution in [0.1, 0.15) is 22.8 Å². The Morgan fingerprint density at radius 3 is 2.35 bits per heavy atom. The molecule has 0 saturated heterocycles. The van der Waals surface area contributed by atoms with Gasteiger partial charge in [-0.25, -0.2) is 0 Å². The maximum Gasteiger partial charge on any atom is 0.471 e. The topological polar surface area (TPSA) is 56.7 Å². The van der Waals surface area contributed by atoms with Crippen LogP contribution in [-0.2, 0) is 12.7 Å². The third kappa shape index (κ3) is 3.25. The summed E-state index contributed by atoms with van der Waals surface area (Å²) in [7, 11) is 0. The van der Waals surface area contributed by atoms with E-state index in [1.807, 2.05) is 24.6 Å². The highest BCUT2D eigenvalue weighted by Crippen LogP contribution is 2.29. The summed E-state index contributed by atoms with van der Waals surface area (Å²) in [5.41, 5.74) is 3.41. The molecule has 0 saturated carbocycles. The van der Waals surface area contributed by atoms with Gasteiger partial charge in [0.1, 0.15) is 0 Å². The molecule has 0 radical (unpaired) electrons. The lowest BCUT2D eigenvalue weighted by Crippen LogP contribution is -2.05. The summed E-state index contributed by atoms with van der Waals surface area (Å²) in [6, 6.07) is 8.90. The first-order valence-corrected chi connectivity index (χ1v) is 6.84. The van der Waals surface area contributed by atoms with Crippen molar-refractivity contribution in [3.8, 4) is 11.4 Å². The van der Waals surface area contributed by atoms with E-state index < -0.39 is 12.1 Å². The first-order valence-electron chi connectivity index (χ1n) is 6.84. The molecule has 0 aliphatic rings. The average Bonchev–Trinajstić information content (AvgIpc) is 3.07. The molecule has 3 aromatic rings. The third-order valence-electron chi connectivity index (χ3n) is 3.32. The van der Waals surface area contributed by atoms with E-state index in [-0.39, 0.29) is 5.82 Å². The van der Waals surface area contributed by atoms with Gasteiger partial charge in [-0.1, -0.05) is 29.4 Å². The van der Waals surface area contributed by atoms with Crippen molar-refractivity contribution in [3.63, 3.8) is 0 Å². The minimum Gasteiger partial charge on any atom is -0.329 e. The molecule has 0 atom stereocenters. The number of nitrogens with zero attached hydrogens (tertiary/aromatic N) is 4. The van der Waals surface area contributed by atoms with Crippen LogP contribution in [0.5, 0.6) is 0 Å². The van der Waals surface area contributed by atoms with Crippen molar-refractivity contribution in [2.45, 2.75) is 26.6 Å². The lowest BCUT2D eigenvalue weighted by molar-refractivity contribution is -0.159. The summed E-state index contributed by atoms with van der Waals surface area (Å²) in [5.74, 6) is -1.44. The smallest absolute Gasteiger partial charge is 0.329 e. The first-order chi connectivity index (χ1) is 10.8. The number of hydrogen-bond donors (Lipinski definition) is 0. The molecule has 0 N–H and O–H groups in total. The highest BCUT2D eigenvalue weighted by molar-refractivity contribution is 5.54. The van der Waals surface area contributed by atoms with Crippen LogP contribution in [0.2, 0.25) is 0 Å². The molecule has 0 fully saturated rings. The van der Waals surface area contributed by atoms with Crippen LogP contribution < -0.4 is 0 Å². The molecule has 120 valence electrons. The van der Waals surface area contributed by atoms with Gasteiger partial charge in [-0.3, -0.25) is 4.68 Å². The molecule has 5 nitrogen and oxygen atoms in total. The molecule has 0 unspecified atom stereocenters. The van der Waals surface area contributed by atoms with E-state index in [0.29, 0.717) is 12.1 Å².